The van der Waals surface area contributed by atoms with Gasteiger partial charge in [-0.1, -0.05) is 24.3 Å². The summed E-state index contributed by atoms with van der Waals surface area (Å²) in [5.41, 5.74) is 14.6. The number of ether oxygens (including phenoxy) is 2. The monoisotopic (exact) mass is 426 g/mol. The molecule has 0 bridgehead atoms. The molecule has 0 saturated carbocycles. The van der Waals surface area contributed by atoms with Crippen molar-refractivity contribution in [1.29, 1.82) is 10.5 Å². The number of benzene rings is 1. The highest BCUT2D eigenvalue weighted by molar-refractivity contribution is 6.01. The van der Waals surface area contributed by atoms with Gasteiger partial charge in [-0.3, -0.25) is 9.59 Å². The van der Waals surface area contributed by atoms with Crippen molar-refractivity contribution in [2.75, 3.05) is 0 Å². The highest BCUT2D eigenvalue weighted by Crippen LogP contribution is 2.47. The van der Waals surface area contributed by atoms with Crippen LogP contribution in [0.2, 0.25) is 0 Å². The van der Waals surface area contributed by atoms with Crippen LogP contribution in [0, 0.1) is 22.7 Å². The van der Waals surface area contributed by atoms with Gasteiger partial charge in [0.15, 0.2) is 11.6 Å². The number of ketones is 2. The summed E-state index contributed by atoms with van der Waals surface area (Å²) in [7, 11) is 0. The first-order valence-corrected chi connectivity index (χ1v) is 10.2. The number of nitriles is 2. The number of hydrogen-bond donors (Lipinski definition) is 2. The Hall–Kier alpha value is -4.30. The largest absolute Gasteiger partial charge is 0.444 e. The van der Waals surface area contributed by atoms with Gasteiger partial charge in [-0.25, -0.2) is 0 Å². The predicted molar refractivity (Wildman–Crippen MR) is 110 cm³/mol. The second kappa shape index (κ2) is 7.14. The van der Waals surface area contributed by atoms with Gasteiger partial charge < -0.3 is 20.9 Å². The quantitative estimate of drug-likeness (QED) is 0.732. The average molecular weight is 426 g/mol. The van der Waals surface area contributed by atoms with E-state index in [-0.39, 0.29) is 34.5 Å². The van der Waals surface area contributed by atoms with Crippen molar-refractivity contribution in [3.8, 4) is 12.1 Å². The first kappa shape index (κ1) is 19.7. The van der Waals surface area contributed by atoms with E-state index >= 15 is 0 Å². The van der Waals surface area contributed by atoms with E-state index < -0.39 is 11.8 Å². The van der Waals surface area contributed by atoms with E-state index in [1.54, 1.807) is 24.3 Å². The van der Waals surface area contributed by atoms with Crippen LogP contribution in [0.4, 0.5) is 0 Å². The van der Waals surface area contributed by atoms with Crippen molar-refractivity contribution in [2.24, 2.45) is 11.5 Å². The molecule has 2 aliphatic heterocycles. The molecule has 1 aromatic carbocycles. The smallest absolute Gasteiger partial charge is 0.205 e. The summed E-state index contributed by atoms with van der Waals surface area (Å²) in [6, 6.07) is 11.3. The van der Waals surface area contributed by atoms with E-state index in [0.29, 0.717) is 59.5 Å². The summed E-state index contributed by atoms with van der Waals surface area (Å²) in [5.74, 6) is -0.303. The lowest BCUT2D eigenvalue weighted by atomic mass is 9.79. The van der Waals surface area contributed by atoms with Gasteiger partial charge in [-0.15, -0.1) is 0 Å². The Morgan fingerprint density at radius 3 is 1.44 bits per heavy atom. The Labute approximate surface area is 183 Å². The first-order valence-electron chi connectivity index (χ1n) is 10.2. The third-order valence-corrected chi connectivity index (χ3v) is 6.36. The molecule has 32 heavy (non-hydrogen) atoms. The molecule has 5 rings (SSSR count). The summed E-state index contributed by atoms with van der Waals surface area (Å²) < 4.78 is 11.1. The Bertz CT molecular complexity index is 1200. The molecule has 0 radical (unpaired) electrons. The fourth-order valence-electron chi connectivity index (χ4n) is 4.90. The maximum atomic E-state index is 12.5. The Balaban J connectivity index is 1.58. The van der Waals surface area contributed by atoms with Crippen LogP contribution in [-0.4, -0.2) is 11.6 Å². The van der Waals surface area contributed by atoms with E-state index in [9.17, 15) is 20.1 Å². The molecular weight excluding hydrogens is 408 g/mol. The lowest BCUT2D eigenvalue weighted by Gasteiger charge is -2.27. The zero-order valence-corrected chi connectivity index (χ0v) is 17.0. The molecule has 2 aliphatic carbocycles. The third-order valence-electron chi connectivity index (χ3n) is 6.36. The van der Waals surface area contributed by atoms with E-state index in [2.05, 4.69) is 12.1 Å². The van der Waals surface area contributed by atoms with Crippen LogP contribution in [0.25, 0.3) is 0 Å². The van der Waals surface area contributed by atoms with Crippen LogP contribution in [0.1, 0.15) is 48.6 Å². The lowest BCUT2D eigenvalue weighted by Crippen LogP contribution is -2.22. The number of carbonyl (C=O) groups is 2. The minimum atomic E-state index is -0.610. The van der Waals surface area contributed by atoms with Gasteiger partial charge in [-0.2, -0.15) is 10.5 Å². The van der Waals surface area contributed by atoms with Gasteiger partial charge in [0, 0.05) is 36.8 Å². The van der Waals surface area contributed by atoms with Crippen molar-refractivity contribution in [1.82, 2.24) is 0 Å². The lowest BCUT2D eigenvalue weighted by molar-refractivity contribution is -0.115. The zero-order chi connectivity index (χ0) is 22.6. The van der Waals surface area contributed by atoms with Gasteiger partial charge in [0.1, 0.15) is 34.8 Å². The van der Waals surface area contributed by atoms with Crippen LogP contribution in [0.15, 0.2) is 69.8 Å². The molecular formula is C24H18N4O4. The molecule has 0 amide bonds. The van der Waals surface area contributed by atoms with Crippen molar-refractivity contribution >= 4 is 11.6 Å². The molecule has 0 aromatic heterocycles. The van der Waals surface area contributed by atoms with Crippen LogP contribution < -0.4 is 11.5 Å². The molecule has 2 heterocycles. The average Bonchev–Trinajstić information content (AvgIpc) is 3.34. The fourth-order valence-corrected chi connectivity index (χ4v) is 4.90. The van der Waals surface area contributed by atoms with E-state index in [1.807, 2.05) is 0 Å². The van der Waals surface area contributed by atoms with Crippen molar-refractivity contribution in [2.45, 2.75) is 37.5 Å². The van der Waals surface area contributed by atoms with Crippen LogP contribution in [0.3, 0.4) is 0 Å². The highest BCUT2D eigenvalue weighted by atomic mass is 16.5. The van der Waals surface area contributed by atoms with Crippen LogP contribution in [0.5, 0.6) is 0 Å². The first-order chi connectivity index (χ1) is 15.4. The molecule has 0 saturated heterocycles. The maximum Gasteiger partial charge on any atom is 0.205 e. The minimum absolute atomic E-state index is 0.00767. The normalized spacial score (nSPS) is 24.7. The van der Waals surface area contributed by atoms with E-state index in [1.165, 1.54) is 0 Å². The molecule has 8 nitrogen and oxygen atoms in total. The fraction of sp³-hybridized carbons (Fsp3) is 0.250. The highest BCUT2D eigenvalue weighted by Gasteiger charge is 2.41. The van der Waals surface area contributed by atoms with E-state index in [4.69, 9.17) is 20.9 Å². The maximum absolute atomic E-state index is 12.5. The second-order valence-corrected chi connectivity index (χ2v) is 8.04. The van der Waals surface area contributed by atoms with Gasteiger partial charge in [0.25, 0.3) is 0 Å². The summed E-state index contributed by atoms with van der Waals surface area (Å²) in [6.45, 7) is 0. The van der Waals surface area contributed by atoms with Crippen molar-refractivity contribution < 1.29 is 19.1 Å². The van der Waals surface area contributed by atoms with Crippen molar-refractivity contribution in [3.63, 3.8) is 0 Å². The summed E-state index contributed by atoms with van der Waals surface area (Å²) in [6.07, 6.45) is 1.56. The molecule has 8 heteroatoms. The topological polar surface area (TPSA) is 152 Å². The molecule has 0 spiro atoms. The van der Waals surface area contributed by atoms with Crippen LogP contribution in [-0.2, 0) is 19.1 Å². The Kier molecular flexibility index (Phi) is 4.38. The molecule has 2 unspecified atom stereocenters. The molecule has 1 aromatic rings. The van der Waals surface area contributed by atoms with Crippen LogP contribution >= 0.6 is 0 Å². The summed E-state index contributed by atoms with van der Waals surface area (Å²) in [4.78, 5) is 25.1. The molecule has 4 N–H and O–H groups in total. The zero-order valence-electron chi connectivity index (χ0n) is 17.0. The second-order valence-electron chi connectivity index (χ2n) is 8.04. The Morgan fingerprint density at radius 2 is 1.09 bits per heavy atom. The van der Waals surface area contributed by atoms with Gasteiger partial charge >= 0.3 is 0 Å². The number of Topliss-reactive ketones (excluding diaryl/α,β-unsaturated/α-hetero) is 2. The summed E-state index contributed by atoms with van der Waals surface area (Å²) in [5, 5.41) is 19.3. The van der Waals surface area contributed by atoms with E-state index in [0.717, 1.165) is 0 Å². The third kappa shape index (κ3) is 2.74. The number of hydrogen-bond acceptors (Lipinski definition) is 8. The molecule has 2 atom stereocenters. The van der Waals surface area contributed by atoms with Gasteiger partial charge in [-0.05, 0) is 11.1 Å². The van der Waals surface area contributed by atoms with Gasteiger partial charge in [0.05, 0.1) is 11.8 Å². The molecule has 4 aliphatic rings. The van der Waals surface area contributed by atoms with Crippen molar-refractivity contribution in [3.05, 3.63) is 81.0 Å². The number of allylic oxidation sites excluding steroid dienone is 6. The number of nitrogens with zero attached hydrogens (tertiary/aromatic N) is 2. The number of nitrogens with two attached hydrogens (primary N) is 2. The molecule has 158 valence electrons. The van der Waals surface area contributed by atoms with Gasteiger partial charge in [0.2, 0.25) is 11.8 Å². The SMILES string of the molecule is N#CC1=C(N)OC2=C(C(=O)CC2)C1c1ccc(C2C(C#N)=C(N)OC3=C2C(=O)CC3)cc1. The molecule has 0 fully saturated rings. The standard InChI is InChI=1S/C24H18N4O4/c25-9-13-19(21-15(29)5-7-17(21)31-23(13)27)11-1-2-12(4-3-11)20-14(10-26)24(28)32-18-8-6-16(30)22(18)20/h1-4,19-20H,5-8,27-28H2. The number of carbonyl (C=O) groups excluding carboxylic acids is 2. The number of rotatable bonds is 2. The minimum Gasteiger partial charge on any atom is -0.444 e. The summed E-state index contributed by atoms with van der Waals surface area (Å²) >= 11 is 0. The predicted octanol–water partition coefficient (Wildman–Crippen LogP) is 2.54. The Morgan fingerprint density at radius 1 is 0.719 bits per heavy atom.